The molecule has 0 spiro atoms. The van der Waals surface area contributed by atoms with Crippen LogP contribution in [0.25, 0.3) is 0 Å². The Balaban J connectivity index is 1.56. The number of amides is 2. The van der Waals surface area contributed by atoms with Gasteiger partial charge in [-0.15, -0.1) is 0 Å². The van der Waals surface area contributed by atoms with Crippen LogP contribution in [0.15, 0.2) is 70.0 Å². The molecule has 0 atom stereocenters. The van der Waals surface area contributed by atoms with Crippen LogP contribution >= 0.6 is 15.9 Å². The molecule has 0 radical (unpaired) electrons. The Hall–Kier alpha value is -2.93. The van der Waals surface area contributed by atoms with E-state index < -0.39 is 0 Å². The van der Waals surface area contributed by atoms with E-state index in [0.717, 1.165) is 10.0 Å². The van der Waals surface area contributed by atoms with Crippen molar-refractivity contribution < 1.29 is 14.0 Å². The fourth-order valence-corrected chi connectivity index (χ4v) is 2.49. The third-order valence-corrected chi connectivity index (χ3v) is 3.81. The summed E-state index contributed by atoms with van der Waals surface area (Å²) >= 11 is 3.28. The lowest BCUT2D eigenvalue weighted by Crippen LogP contribution is -2.22. The van der Waals surface area contributed by atoms with Gasteiger partial charge in [0.05, 0.1) is 11.8 Å². The largest absolute Gasteiger partial charge is 0.459 e. The lowest BCUT2D eigenvalue weighted by molar-refractivity contribution is 0.0949. The molecule has 25 heavy (non-hydrogen) atoms. The number of hydrogen-bond acceptors (Lipinski definition) is 4. The molecule has 0 unspecified atom stereocenters. The zero-order valence-electron chi connectivity index (χ0n) is 13.0. The first kappa shape index (κ1) is 16.9. The van der Waals surface area contributed by atoms with Crippen molar-refractivity contribution >= 4 is 33.4 Å². The highest BCUT2D eigenvalue weighted by atomic mass is 79.9. The highest BCUT2D eigenvalue weighted by molar-refractivity contribution is 9.10. The number of nitrogens with zero attached hydrogens (tertiary/aromatic N) is 1. The zero-order valence-corrected chi connectivity index (χ0v) is 14.6. The number of rotatable bonds is 5. The number of carbonyl (C=O) groups excluding carboxylic acids is 2. The summed E-state index contributed by atoms with van der Waals surface area (Å²) in [7, 11) is 0. The van der Waals surface area contributed by atoms with E-state index in [-0.39, 0.29) is 17.6 Å². The molecular weight excluding hydrogens is 386 g/mol. The highest BCUT2D eigenvalue weighted by Crippen LogP contribution is 2.13. The van der Waals surface area contributed by atoms with Crippen molar-refractivity contribution in [1.82, 2.24) is 10.3 Å². The van der Waals surface area contributed by atoms with Crippen LogP contribution in [-0.2, 0) is 6.54 Å². The van der Waals surface area contributed by atoms with Gasteiger partial charge in [-0.2, -0.15) is 0 Å². The van der Waals surface area contributed by atoms with Crippen LogP contribution in [-0.4, -0.2) is 16.8 Å². The van der Waals surface area contributed by atoms with E-state index in [4.69, 9.17) is 4.42 Å². The molecule has 2 heterocycles. The predicted molar refractivity (Wildman–Crippen MR) is 96.2 cm³/mol. The van der Waals surface area contributed by atoms with E-state index in [2.05, 4.69) is 31.5 Å². The Labute approximate surface area is 152 Å². The van der Waals surface area contributed by atoms with Gasteiger partial charge in [-0.25, -0.2) is 0 Å². The first-order chi connectivity index (χ1) is 12.1. The number of aromatic nitrogens is 1. The first-order valence-corrected chi connectivity index (χ1v) is 8.23. The Bertz CT molecular complexity index is 877. The monoisotopic (exact) mass is 399 g/mol. The second-order valence-electron chi connectivity index (χ2n) is 5.20. The minimum absolute atomic E-state index is 0.205. The summed E-state index contributed by atoms with van der Waals surface area (Å²) < 4.78 is 5.79. The van der Waals surface area contributed by atoms with Crippen molar-refractivity contribution in [2.24, 2.45) is 0 Å². The fourth-order valence-electron chi connectivity index (χ4n) is 2.13. The molecule has 3 rings (SSSR count). The molecule has 1 aromatic carbocycles. The van der Waals surface area contributed by atoms with Gasteiger partial charge < -0.3 is 15.1 Å². The summed E-state index contributed by atoms with van der Waals surface area (Å²) in [6, 6.07) is 12.1. The van der Waals surface area contributed by atoms with Crippen molar-refractivity contribution in [2.45, 2.75) is 6.54 Å². The number of anilines is 1. The summed E-state index contributed by atoms with van der Waals surface area (Å²) in [5, 5.41) is 5.56. The molecule has 2 N–H and O–H groups in total. The standard InChI is InChI=1S/C18H14BrN3O3/c19-14-8-13(10-20-11-14)17(23)21-9-12-3-5-15(6-4-12)22-18(24)16-2-1-7-25-16/h1-8,10-11H,9H2,(H,21,23)(H,22,24). The average Bonchev–Trinajstić information content (AvgIpc) is 3.16. The maximum atomic E-state index is 12.1. The molecule has 0 aliphatic heterocycles. The molecule has 2 aromatic heterocycles. The van der Waals surface area contributed by atoms with Gasteiger partial charge in [-0.3, -0.25) is 14.6 Å². The number of furan rings is 1. The minimum atomic E-state index is -0.312. The molecule has 0 fully saturated rings. The van der Waals surface area contributed by atoms with Crippen LogP contribution in [0, 0.1) is 0 Å². The van der Waals surface area contributed by atoms with Gasteiger partial charge in [0.1, 0.15) is 0 Å². The van der Waals surface area contributed by atoms with Gasteiger partial charge in [-0.1, -0.05) is 12.1 Å². The van der Waals surface area contributed by atoms with Gasteiger partial charge in [0.2, 0.25) is 0 Å². The van der Waals surface area contributed by atoms with Crippen molar-refractivity contribution in [2.75, 3.05) is 5.32 Å². The number of hydrogen-bond donors (Lipinski definition) is 2. The second-order valence-corrected chi connectivity index (χ2v) is 6.12. The van der Waals surface area contributed by atoms with E-state index in [1.807, 2.05) is 12.1 Å². The lowest BCUT2D eigenvalue weighted by atomic mass is 10.2. The summed E-state index contributed by atoms with van der Waals surface area (Å²) in [5.74, 6) is -0.267. The van der Waals surface area contributed by atoms with Crippen LogP contribution < -0.4 is 10.6 Å². The molecule has 0 aliphatic carbocycles. The lowest BCUT2D eigenvalue weighted by Gasteiger charge is -2.07. The molecular formula is C18H14BrN3O3. The summed E-state index contributed by atoms with van der Waals surface area (Å²) in [6.45, 7) is 0.373. The number of nitrogens with one attached hydrogen (secondary N) is 2. The van der Waals surface area contributed by atoms with E-state index in [0.29, 0.717) is 17.8 Å². The van der Waals surface area contributed by atoms with Crippen molar-refractivity contribution in [3.63, 3.8) is 0 Å². The summed E-state index contributed by atoms with van der Waals surface area (Å²) in [5.41, 5.74) is 2.04. The smallest absolute Gasteiger partial charge is 0.291 e. The van der Waals surface area contributed by atoms with Gasteiger partial charge in [0.25, 0.3) is 11.8 Å². The molecule has 0 saturated heterocycles. The highest BCUT2D eigenvalue weighted by Gasteiger charge is 2.09. The molecule has 0 bridgehead atoms. The van der Waals surface area contributed by atoms with Gasteiger partial charge >= 0.3 is 0 Å². The minimum Gasteiger partial charge on any atom is -0.459 e. The Morgan fingerprint density at radius 2 is 1.88 bits per heavy atom. The molecule has 7 heteroatoms. The van der Waals surface area contributed by atoms with Crippen LogP contribution in [0.2, 0.25) is 0 Å². The van der Waals surface area contributed by atoms with Gasteiger partial charge in [-0.05, 0) is 51.8 Å². The summed E-state index contributed by atoms with van der Waals surface area (Å²) in [6.07, 6.45) is 4.57. The number of carbonyl (C=O) groups is 2. The average molecular weight is 400 g/mol. The molecule has 126 valence electrons. The van der Waals surface area contributed by atoms with Crippen LogP contribution in [0.4, 0.5) is 5.69 Å². The Morgan fingerprint density at radius 3 is 2.56 bits per heavy atom. The maximum absolute atomic E-state index is 12.1. The Kier molecular flexibility index (Phi) is 5.25. The normalized spacial score (nSPS) is 10.3. The van der Waals surface area contributed by atoms with Gasteiger partial charge in [0, 0.05) is 29.1 Å². The predicted octanol–water partition coefficient (Wildman–Crippen LogP) is 3.62. The number of benzene rings is 1. The van der Waals surface area contributed by atoms with E-state index >= 15 is 0 Å². The van der Waals surface area contributed by atoms with Gasteiger partial charge in [0.15, 0.2) is 5.76 Å². The molecule has 3 aromatic rings. The molecule has 2 amide bonds. The molecule has 0 aliphatic rings. The second kappa shape index (κ2) is 7.76. The molecule has 0 saturated carbocycles. The molecule has 6 nitrogen and oxygen atoms in total. The van der Waals surface area contributed by atoms with E-state index in [1.165, 1.54) is 12.5 Å². The SMILES string of the molecule is O=C(NCc1ccc(NC(=O)c2ccco2)cc1)c1cncc(Br)c1. The topological polar surface area (TPSA) is 84.2 Å². The third kappa shape index (κ3) is 4.54. The van der Waals surface area contributed by atoms with Crippen LogP contribution in [0.5, 0.6) is 0 Å². The van der Waals surface area contributed by atoms with E-state index in [1.54, 1.807) is 36.5 Å². The summed E-state index contributed by atoms with van der Waals surface area (Å²) in [4.78, 5) is 27.9. The van der Waals surface area contributed by atoms with Crippen molar-refractivity contribution in [1.29, 1.82) is 0 Å². The van der Waals surface area contributed by atoms with Crippen molar-refractivity contribution in [3.05, 3.63) is 82.5 Å². The van der Waals surface area contributed by atoms with Crippen LogP contribution in [0.1, 0.15) is 26.5 Å². The van der Waals surface area contributed by atoms with E-state index in [9.17, 15) is 9.59 Å². The number of halogens is 1. The Morgan fingerprint density at radius 1 is 1.08 bits per heavy atom. The maximum Gasteiger partial charge on any atom is 0.291 e. The fraction of sp³-hybridized carbons (Fsp3) is 0.0556. The number of pyridine rings is 1. The van der Waals surface area contributed by atoms with Crippen molar-refractivity contribution in [3.8, 4) is 0 Å². The first-order valence-electron chi connectivity index (χ1n) is 7.44. The third-order valence-electron chi connectivity index (χ3n) is 3.38. The zero-order chi connectivity index (χ0) is 17.6. The quantitative estimate of drug-likeness (QED) is 0.685. The van der Waals surface area contributed by atoms with Crippen LogP contribution in [0.3, 0.4) is 0 Å².